The quantitative estimate of drug-likeness (QED) is 0.886. The maximum atomic E-state index is 12.3. The zero-order chi connectivity index (χ0) is 14.8. The molecule has 0 unspecified atom stereocenters. The fourth-order valence-corrected chi connectivity index (χ4v) is 2.93. The molecule has 1 saturated heterocycles. The van der Waals surface area contributed by atoms with Crippen molar-refractivity contribution in [3.63, 3.8) is 0 Å². The topological polar surface area (TPSA) is 73.9 Å². The third kappa shape index (κ3) is 3.21. The Balaban J connectivity index is 1.60. The van der Waals surface area contributed by atoms with Gasteiger partial charge in [-0.15, -0.1) is 0 Å². The van der Waals surface area contributed by atoms with Gasteiger partial charge in [-0.25, -0.2) is 9.97 Å². The Labute approximate surface area is 124 Å². The fraction of sp³-hybridized carbons (Fsp3) is 0.533. The molecule has 6 heteroatoms. The first-order valence-electron chi connectivity index (χ1n) is 7.45. The lowest BCUT2D eigenvalue weighted by molar-refractivity contribution is -0.132. The van der Waals surface area contributed by atoms with Gasteiger partial charge in [0.25, 0.3) is 0 Å². The minimum atomic E-state index is 0.198. The number of aryl methyl sites for hydroxylation is 1. The molecule has 0 aromatic carbocycles. The van der Waals surface area contributed by atoms with Gasteiger partial charge in [-0.05, 0) is 26.0 Å². The van der Waals surface area contributed by atoms with Crippen molar-refractivity contribution < 1.29 is 4.79 Å². The van der Waals surface area contributed by atoms with Crippen LogP contribution in [0.15, 0.2) is 18.3 Å². The van der Waals surface area contributed by atoms with Crippen molar-refractivity contribution >= 4 is 17.1 Å². The van der Waals surface area contributed by atoms with Crippen molar-refractivity contribution in [2.45, 2.75) is 38.8 Å². The molecule has 0 aliphatic carbocycles. The number of carbonyl (C=O) groups excluding carboxylic acids is 1. The molecular formula is C15H21N5O. The van der Waals surface area contributed by atoms with E-state index in [1.807, 2.05) is 17.0 Å². The summed E-state index contributed by atoms with van der Waals surface area (Å²) in [6, 6.07) is 4.53. The second-order valence-electron chi connectivity index (χ2n) is 5.83. The van der Waals surface area contributed by atoms with Crippen LogP contribution in [0.4, 0.5) is 0 Å². The fourth-order valence-electron chi connectivity index (χ4n) is 2.93. The molecule has 1 amide bonds. The third-order valence-electron chi connectivity index (χ3n) is 3.79. The van der Waals surface area contributed by atoms with Gasteiger partial charge in [0.05, 0.1) is 5.52 Å². The number of amides is 1. The molecule has 112 valence electrons. The molecule has 1 fully saturated rings. The summed E-state index contributed by atoms with van der Waals surface area (Å²) in [7, 11) is 0. The Bertz CT molecular complexity index is 595. The molecule has 3 heterocycles. The number of rotatable bonds is 3. The highest BCUT2D eigenvalue weighted by molar-refractivity contribution is 5.77. The van der Waals surface area contributed by atoms with E-state index in [0.29, 0.717) is 30.6 Å². The summed E-state index contributed by atoms with van der Waals surface area (Å²) in [5, 5.41) is 3.43. The van der Waals surface area contributed by atoms with E-state index in [9.17, 15) is 4.79 Å². The minimum Gasteiger partial charge on any atom is -0.341 e. The molecule has 6 nitrogen and oxygen atoms in total. The number of aromatic amines is 1. The average Bonchev–Trinajstić information content (AvgIpc) is 2.86. The number of pyridine rings is 1. The van der Waals surface area contributed by atoms with Crippen LogP contribution in [0.25, 0.3) is 11.2 Å². The Morgan fingerprint density at radius 3 is 2.86 bits per heavy atom. The van der Waals surface area contributed by atoms with E-state index >= 15 is 0 Å². The van der Waals surface area contributed by atoms with Crippen LogP contribution < -0.4 is 5.32 Å². The third-order valence-corrected chi connectivity index (χ3v) is 3.79. The lowest BCUT2D eigenvalue weighted by Crippen LogP contribution is -2.55. The molecule has 2 aromatic rings. The lowest BCUT2D eigenvalue weighted by atomic mass is 10.1. The monoisotopic (exact) mass is 287 g/mol. The van der Waals surface area contributed by atoms with Gasteiger partial charge in [0.1, 0.15) is 5.82 Å². The SMILES string of the molecule is C[C@@H]1CN(C(=O)CCc2nc3ncccc3[nH]2)C[C@H](C)N1. The van der Waals surface area contributed by atoms with Crippen molar-refractivity contribution in [3.05, 3.63) is 24.2 Å². The first-order valence-corrected chi connectivity index (χ1v) is 7.45. The van der Waals surface area contributed by atoms with Crippen LogP contribution in [-0.2, 0) is 11.2 Å². The van der Waals surface area contributed by atoms with Gasteiger partial charge in [-0.3, -0.25) is 4.79 Å². The van der Waals surface area contributed by atoms with Crippen LogP contribution in [0.1, 0.15) is 26.1 Å². The van der Waals surface area contributed by atoms with E-state index in [1.54, 1.807) is 6.20 Å². The number of aromatic nitrogens is 3. The second kappa shape index (κ2) is 5.81. The van der Waals surface area contributed by atoms with Gasteiger partial charge >= 0.3 is 0 Å². The zero-order valence-corrected chi connectivity index (χ0v) is 12.5. The van der Waals surface area contributed by atoms with E-state index in [0.717, 1.165) is 24.4 Å². The Kier molecular flexibility index (Phi) is 3.88. The van der Waals surface area contributed by atoms with Crippen molar-refractivity contribution in [2.75, 3.05) is 13.1 Å². The Morgan fingerprint density at radius 1 is 1.38 bits per heavy atom. The summed E-state index contributed by atoms with van der Waals surface area (Å²) in [6.45, 7) is 5.79. The number of H-pyrrole nitrogens is 1. The van der Waals surface area contributed by atoms with Gasteiger partial charge in [-0.1, -0.05) is 0 Å². The van der Waals surface area contributed by atoms with Crippen LogP contribution in [0, 0.1) is 0 Å². The van der Waals surface area contributed by atoms with Gasteiger partial charge in [-0.2, -0.15) is 0 Å². The molecule has 21 heavy (non-hydrogen) atoms. The molecule has 0 radical (unpaired) electrons. The highest BCUT2D eigenvalue weighted by Gasteiger charge is 2.24. The van der Waals surface area contributed by atoms with Crippen molar-refractivity contribution in [3.8, 4) is 0 Å². The Hall–Kier alpha value is -1.95. The maximum Gasteiger partial charge on any atom is 0.223 e. The smallest absolute Gasteiger partial charge is 0.223 e. The van der Waals surface area contributed by atoms with Crippen molar-refractivity contribution in [1.29, 1.82) is 0 Å². The maximum absolute atomic E-state index is 12.3. The molecule has 0 saturated carbocycles. The van der Waals surface area contributed by atoms with E-state index < -0.39 is 0 Å². The summed E-state index contributed by atoms with van der Waals surface area (Å²) >= 11 is 0. The standard InChI is InChI=1S/C15H21N5O/c1-10-8-20(9-11(2)17-10)14(21)6-5-13-18-12-4-3-7-16-15(12)19-13/h3-4,7,10-11,17H,5-6,8-9H2,1-2H3,(H,16,18,19)/t10-,11+. The highest BCUT2D eigenvalue weighted by atomic mass is 16.2. The number of hydrogen-bond acceptors (Lipinski definition) is 4. The molecule has 3 rings (SSSR count). The number of nitrogens with zero attached hydrogens (tertiary/aromatic N) is 3. The number of imidazole rings is 1. The number of piperazine rings is 1. The second-order valence-corrected chi connectivity index (χ2v) is 5.83. The van der Waals surface area contributed by atoms with E-state index in [2.05, 4.69) is 34.1 Å². The van der Waals surface area contributed by atoms with E-state index in [1.165, 1.54) is 0 Å². The van der Waals surface area contributed by atoms with Gasteiger partial charge < -0.3 is 15.2 Å². The lowest BCUT2D eigenvalue weighted by Gasteiger charge is -2.36. The summed E-state index contributed by atoms with van der Waals surface area (Å²) in [4.78, 5) is 26.1. The van der Waals surface area contributed by atoms with Crippen LogP contribution in [0.5, 0.6) is 0 Å². The van der Waals surface area contributed by atoms with Crippen LogP contribution in [0.2, 0.25) is 0 Å². The van der Waals surface area contributed by atoms with E-state index in [4.69, 9.17) is 0 Å². The summed E-state index contributed by atoms with van der Waals surface area (Å²) < 4.78 is 0. The number of hydrogen-bond donors (Lipinski definition) is 2. The summed E-state index contributed by atoms with van der Waals surface area (Å²) in [5.41, 5.74) is 1.63. The van der Waals surface area contributed by atoms with Crippen LogP contribution in [0.3, 0.4) is 0 Å². The predicted molar refractivity (Wildman–Crippen MR) is 80.8 cm³/mol. The molecular weight excluding hydrogens is 266 g/mol. The Morgan fingerprint density at radius 2 is 2.14 bits per heavy atom. The molecule has 1 aliphatic rings. The average molecular weight is 287 g/mol. The predicted octanol–water partition coefficient (Wildman–Crippen LogP) is 1.10. The van der Waals surface area contributed by atoms with Gasteiger partial charge in [0.2, 0.25) is 5.91 Å². The molecule has 2 N–H and O–H groups in total. The first kappa shape index (κ1) is 14.0. The summed E-state index contributed by atoms with van der Waals surface area (Å²) in [6.07, 6.45) is 2.84. The first-order chi connectivity index (χ1) is 10.1. The van der Waals surface area contributed by atoms with Gasteiger partial charge in [0, 0.05) is 44.2 Å². The van der Waals surface area contributed by atoms with Crippen LogP contribution >= 0.6 is 0 Å². The summed E-state index contributed by atoms with van der Waals surface area (Å²) in [5.74, 6) is 1.02. The molecule has 2 atom stereocenters. The molecule has 0 spiro atoms. The highest BCUT2D eigenvalue weighted by Crippen LogP contribution is 2.11. The van der Waals surface area contributed by atoms with E-state index in [-0.39, 0.29) is 5.91 Å². The number of carbonyl (C=O) groups is 1. The van der Waals surface area contributed by atoms with Crippen molar-refractivity contribution in [1.82, 2.24) is 25.2 Å². The van der Waals surface area contributed by atoms with Crippen LogP contribution in [-0.4, -0.2) is 50.9 Å². The minimum absolute atomic E-state index is 0.198. The largest absolute Gasteiger partial charge is 0.341 e. The number of nitrogens with one attached hydrogen (secondary N) is 2. The molecule has 2 aromatic heterocycles. The normalized spacial score (nSPS) is 22.7. The molecule has 1 aliphatic heterocycles. The van der Waals surface area contributed by atoms with Crippen molar-refractivity contribution in [2.24, 2.45) is 0 Å². The number of fused-ring (bicyclic) bond motifs is 1. The zero-order valence-electron chi connectivity index (χ0n) is 12.5. The van der Waals surface area contributed by atoms with Gasteiger partial charge in [0.15, 0.2) is 5.65 Å². The molecule has 0 bridgehead atoms.